The van der Waals surface area contributed by atoms with E-state index < -0.39 is 10.7 Å². The zero-order chi connectivity index (χ0) is 15.4. The number of nitrogens with zero attached hydrogens (tertiary/aromatic N) is 1. The Labute approximate surface area is 125 Å². The maximum atomic E-state index is 13.1. The molecule has 0 aromatic heterocycles. The van der Waals surface area contributed by atoms with Crippen LogP contribution < -0.4 is 10.1 Å². The highest BCUT2D eigenvalue weighted by atomic mass is 35.5. The Bertz CT molecular complexity index is 679. The summed E-state index contributed by atoms with van der Waals surface area (Å²) in [5.74, 6) is -0.0435. The molecule has 0 aliphatic carbocycles. The number of methoxy groups -OCH3 is 1. The Kier molecular flexibility index (Phi) is 4.59. The second kappa shape index (κ2) is 6.41. The summed E-state index contributed by atoms with van der Waals surface area (Å²) in [7, 11) is 1.44. The van der Waals surface area contributed by atoms with Gasteiger partial charge in [0.05, 0.1) is 17.7 Å². The molecular weight excluding hydrogens is 299 g/mol. The minimum absolute atomic E-state index is 0.0862. The van der Waals surface area contributed by atoms with E-state index in [0.717, 1.165) is 0 Å². The molecular formula is C14H12ClFN2O3. The average molecular weight is 311 g/mol. The predicted octanol–water partition coefficient (Wildman–Crippen LogP) is 4.01. The van der Waals surface area contributed by atoms with Gasteiger partial charge in [0.25, 0.3) is 5.69 Å². The maximum absolute atomic E-state index is 13.1. The second-order valence-corrected chi connectivity index (χ2v) is 4.65. The molecule has 2 rings (SSSR count). The summed E-state index contributed by atoms with van der Waals surface area (Å²) in [4.78, 5) is 10.3. The van der Waals surface area contributed by atoms with E-state index >= 15 is 0 Å². The molecule has 110 valence electrons. The van der Waals surface area contributed by atoms with Crippen molar-refractivity contribution in [3.05, 3.63) is 62.9 Å². The lowest BCUT2D eigenvalue weighted by molar-refractivity contribution is -0.384. The molecule has 0 atom stereocenters. The first-order chi connectivity index (χ1) is 10.0. The largest absolute Gasteiger partial charge is 0.494 e. The number of benzene rings is 2. The summed E-state index contributed by atoms with van der Waals surface area (Å²) in [6.07, 6.45) is 0. The lowest BCUT2D eigenvalue weighted by Crippen LogP contribution is -2.02. The first-order valence-electron chi connectivity index (χ1n) is 6.01. The van der Waals surface area contributed by atoms with Crippen LogP contribution in [0.25, 0.3) is 0 Å². The van der Waals surface area contributed by atoms with Crippen LogP contribution in [0.2, 0.25) is 5.02 Å². The van der Waals surface area contributed by atoms with Crippen molar-refractivity contribution in [2.75, 3.05) is 12.4 Å². The third-order valence-electron chi connectivity index (χ3n) is 2.85. The molecule has 0 aliphatic rings. The minimum atomic E-state index is -0.537. The highest BCUT2D eigenvalue weighted by Crippen LogP contribution is 2.28. The molecule has 21 heavy (non-hydrogen) atoms. The van der Waals surface area contributed by atoms with Gasteiger partial charge in [0, 0.05) is 18.7 Å². The number of anilines is 1. The summed E-state index contributed by atoms with van der Waals surface area (Å²) in [5, 5.41) is 13.9. The van der Waals surface area contributed by atoms with Gasteiger partial charge in [-0.3, -0.25) is 10.1 Å². The lowest BCUT2D eigenvalue weighted by atomic mass is 10.2. The van der Waals surface area contributed by atoms with Gasteiger partial charge in [-0.15, -0.1) is 0 Å². The number of ether oxygens (including phenoxy) is 1. The van der Waals surface area contributed by atoms with Gasteiger partial charge in [0.1, 0.15) is 16.6 Å². The maximum Gasteiger partial charge on any atom is 0.288 e. The van der Waals surface area contributed by atoms with Gasteiger partial charge in [-0.05, 0) is 23.8 Å². The van der Waals surface area contributed by atoms with E-state index in [0.29, 0.717) is 23.5 Å². The molecule has 0 aliphatic heterocycles. The van der Waals surface area contributed by atoms with Crippen LogP contribution in [0.3, 0.4) is 0 Å². The SMILES string of the molecule is COc1cc(F)ccc1NCc1ccc(Cl)c([N+](=O)[O-])c1. The molecule has 1 N–H and O–H groups in total. The smallest absolute Gasteiger partial charge is 0.288 e. The third kappa shape index (κ3) is 3.61. The van der Waals surface area contributed by atoms with E-state index in [4.69, 9.17) is 16.3 Å². The fraction of sp³-hybridized carbons (Fsp3) is 0.143. The third-order valence-corrected chi connectivity index (χ3v) is 3.17. The van der Waals surface area contributed by atoms with E-state index in [-0.39, 0.29) is 10.7 Å². The number of halogens is 2. The van der Waals surface area contributed by atoms with Gasteiger partial charge in [-0.25, -0.2) is 4.39 Å². The normalized spacial score (nSPS) is 10.2. The Morgan fingerprint density at radius 1 is 1.33 bits per heavy atom. The van der Waals surface area contributed by atoms with Gasteiger partial charge in [-0.2, -0.15) is 0 Å². The zero-order valence-electron chi connectivity index (χ0n) is 11.1. The lowest BCUT2D eigenvalue weighted by Gasteiger charge is -2.11. The number of hydrogen-bond acceptors (Lipinski definition) is 4. The van der Waals surface area contributed by atoms with E-state index in [9.17, 15) is 14.5 Å². The average Bonchev–Trinajstić information content (AvgIpc) is 2.46. The molecule has 0 spiro atoms. The number of rotatable bonds is 5. The molecule has 7 heteroatoms. The highest BCUT2D eigenvalue weighted by molar-refractivity contribution is 6.32. The highest BCUT2D eigenvalue weighted by Gasteiger charge is 2.13. The van der Waals surface area contributed by atoms with Crippen molar-refractivity contribution >= 4 is 23.0 Å². The molecule has 0 saturated carbocycles. The van der Waals surface area contributed by atoms with Crippen molar-refractivity contribution in [2.45, 2.75) is 6.54 Å². The van der Waals surface area contributed by atoms with Crippen molar-refractivity contribution in [3.8, 4) is 5.75 Å². The van der Waals surface area contributed by atoms with Crippen LogP contribution in [0.1, 0.15) is 5.56 Å². The number of hydrogen-bond donors (Lipinski definition) is 1. The van der Waals surface area contributed by atoms with E-state index in [1.165, 1.54) is 31.4 Å². The quantitative estimate of drug-likeness (QED) is 0.669. The molecule has 2 aromatic rings. The van der Waals surface area contributed by atoms with Gasteiger partial charge in [0.2, 0.25) is 0 Å². The zero-order valence-corrected chi connectivity index (χ0v) is 11.9. The topological polar surface area (TPSA) is 64.4 Å². The molecule has 0 fully saturated rings. The van der Waals surface area contributed by atoms with Crippen molar-refractivity contribution in [3.63, 3.8) is 0 Å². The van der Waals surface area contributed by atoms with E-state index in [1.807, 2.05) is 0 Å². The standard InChI is InChI=1S/C14H12ClFN2O3/c1-21-14-7-10(16)3-5-12(14)17-8-9-2-4-11(15)13(6-9)18(19)20/h2-7,17H,8H2,1H3. The van der Waals surface area contributed by atoms with E-state index in [1.54, 1.807) is 12.1 Å². The number of nitro groups is 1. The molecule has 0 radical (unpaired) electrons. The van der Waals surface area contributed by atoms with Gasteiger partial charge in [0.15, 0.2) is 0 Å². The molecule has 0 heterocycles. The number of nitro benzene ring substituents is 1. The monoisotopic (exact) mass is 310 g/mol. The van der Waals surface area contributed by atoms with E-state index in [2.05, 4.69) is 5.32 Å². The summed E-state index contributed by atoms with van der Waals surface area (Å²) < 4.78 is 18.2. The Hall–Kier alpha value is -2.34. The Morgan fingerprint density at radius 2 is 2.10 bits per heavy atom. The predicted molar refractivity (Wildman–Crippen MR) is 78.4 cm³/mol. The van der Waals surface area contributed by atoms with Crippen molar-refractivity contribution in [1.29, 1.82) is 0 Å². The van der Waals surface area contributed by atoms with Crippen LogP contribution in [-0.2, 0) is 6.54 Å². The molecule has 2 aromatic carbocycles. The molecule has 0 bridgehead atoms. The van der Waals surface area contributed by atoms with Crippen LogP contribution >= 0.6 is 11.6 Å². The Balaban J connectivity index is 2.17. The molecule has 0 unspecified atom stereocenters. The summed E-state index contributed by atoms with van der Waals surface area (Å²) in [6.45, 7) is 0.319. The van der Waals surface area contributed by atoms with Crippen LogP contribution in [-0.4, -0.2) is 12.0 Å². The van der Waals surface area contributed by atoms with Crippen LogP contribution in [0.15, 0.2) is 36.4 Å². The van der Waals surface area contributed by atoms with Crippen LogP contribution in [0.5, 0.6) is 5.75 Å². The van der Waals surface area contributed by atoms with Crippen LogP contribution in [0.4, 0.5) is 15.8 Å². The summed E-state index contributed by atoms with van der Waals surface area (Å²) in [5.41, 5.74) is 1.12. The van der Waals surface area contributed by atoms with Crippen molar-refractivity contribution in [2.24, 2.45) is 0 Å². The van der Waals surface area contributed by atoms with Gasteiger partial charge >= 0.3 is 0 Å². The minimum Gasteiger partial charge on any atom is -0.494 e. The first-order valence-corrected chi connectivity index (χ1v) is 6.39. The molecule has 5 nitrogen and oxygen atoms in total. The summed E-state index contributed by atoms with van der Waals surface area (Å²) >= 11 is 5.75. The van der Waals surface area contributed by atoms with Crippen molar-refractivity contribution < 1.29 is 14.1 Å². The van der Waals surface area contributed by atoms with Crippen molar-refractivity contribution in [1.82, 2.24) is 0 Å². The first kappa shape index (κ1) is 15.1. The molecule has 0 saturated heterocycles. The fourth-order valence-corrected chi connectivity index (χ4v) is 2.00. The van der Waals surface area contributed by atoms with Gasteiger partial charge < -0.3 is 10.1 Å². The van der Waals surface area contributed by atoms with Gasteiger partial charge in [-0.1, -0.05) is 17.7 Å². The van der Waals surface area contributed by atoms with Crippen LogP contribution in [0, 0.1) is 15.9 Å². The number of nitrogens with one attached hydrogen (secondary N) is 1. The second-order valence-electron chi connectivity index (χ2n) is 4.24. The summed E-state index contributed by atoms with van der Waals surface area (Å²) in [6, 6.07) is 8.64. The Morgan fingerprint density at radius 3 is 2.76 bits per heavy atom. The fourth-order valence-electron chi connectivity index (χ4n) is 1.82. The molecule has 0 amide bonds.